The van der Waals surface area contributed by atoms with E-state index in [1.807, 2.05) is 0 Å². The van der Waals surface area contributed by atoms with Gasteiger partial charge in [0.25, 0.3) is 0 Å². The van der Waals surface area contributed by atoms with E-state index in [1.54, 1.807) is 0 Å². The van der Waals surface area contributed by atoms with Crippen LogP contribution >= 0.6 is 0 Å². The summed E-state index contributed by atoms with van der Waals surface area (Å²) in [6.07, 6.45) is 1.87. The van der Waals surface area contributed by atoms with E-state index in [2.05, 4.69) is 17.1 Å². The Kier molecular flexibility index (Phi) is 7.46. The van der Waals surface area contributed by atoms with Gasteiger partial charge in [0.05, 0.1) is 0 Å². The minimum atomic E-state index is -4.13. The summed E-state index contributed by atoms with van der Waals surface area (Å²) in [5.74, 6) is 0. The third kappa shape index (κ3) is 6.97. The number of hydrogen-bond acceptors (Lipinski definition) is 2. The number of rotatable bonds is 8. The zero-order valence-electron chi connectivity index (χ0n) is 11.7. The number of unbranched alkanes of at least 4 members (excludes halogenated alkanes) is 2. The van der Waals surface area contributed by atoms with E-state index < -0.39 is 6.18 Å². The summed E-state index contributed by atoms with van der Waals surface area (Å²) in [6, 6.07) is 0. The Morgan fingerprint density at radius 2 is 2.00 bits per heavy atom. The van der Waals surface area contributed by atoms with Crippen molar-refractivity contribution in [2.24, 2.45) is 0 Å². The molecule has 0 saturated carbocycles. The molecule has 1 heterocycles. The van der Waals surface area contributed by atoms with Crippen molar-refractivity contribution in [3.8, 4) is 0 Å². The minimum Gasteiger partial charge on any atom is -0.317 e. The molecule has 5 heteroatoms. The minimum absolute atomic E-state index is 0.140. The molecule has 0 aromatic rings. The van der Waals surface area contributed by atoms with Gasteiger partial charge in [0, 0.05) is 18.7 Å². The molecule has 1 N–H and O–H groups in total. The van der Waals surface area contributed by atoms with E-state index in [-0.39, 0.29) is 12.0 Å². The lowest BCUT2D eigenvalue weighted by molar-refractivity contribution is -0.0960. The first-order chi connectivity index (χ1) is 9.04. The van der Waals surface area contributed by atoms with Crippen LogP contribution in [0.25, 0.3) is 0 Å². The predicted molar refractivity (Wildman–Crippen MR) is 72.2 cm³/mol. The van der Waals surface area contributed by atoms with Crippen LogP contribution in [0.2, 0.25) is 0 Å². The molecule has 0 amide bonds. The molecular weight excluding hydrogens is 253 g/mol. The Labute approximate surface area is 114 Å². The van der Waals surface area contributed by atoms with Gasteiger partial charge in [-0.15, -0.1) is 0 Å². The maximum absolute atomic E-state index is 12.4. The van der Waals surface area contributed by atoms with Gasteiger partial charge in [-0.1, -0.05) is 19.4 Å². The monoisotopic (exact) mass is 278 g/mol. The van der Waals surface area contributed by atoms with Crippen LogP contribution in [0, 0.1) is 0 Å². The average molecular weight is 278 g/mol. The van der Waals surface area contributed by atoms with Crippen LogP contribution in [0.5, 0.6) is 0 Å². The molecule has 19 heavy (non-hydrogen) atoms. The van der Waals surface area contributed by atoms with Crippen LogP contribution in [0.3, 0.4) is 0 Å². The van der Waals surface area contributed by atoms with Crippen molar-refractivity contribution < 1.29 is 13.2 Å². The van der Waals surface area contributed by atoms with Gasteiger partial charge in [0.15, 0.2) is 0 Å². The highest BCUT2D eigenvalue weighted by Crippen LogP contribution is 2.30. The summed E-state index contributed by atoms with van der Waals surface area (Å²) in [4.78, 5) is 2.11. The van der Waals surface area contributed by atoms with E-state index in [1.165, 1.54) is 6.08 Å². The van der Waals surface area contributed by atoms with Crippen LogP contribution in [-0.4, -0.2) is 43.8 Å². The molecule has 0 aliphatic carbocycles. The Hall–Kier alpha value is -0.550. The number of halogens is 3. The fourth-order valence-electron chi connectivity index (χ4n) is 2.24. The third-order valence-corrected chi connectivity index (χ3v) is 3.41. The number of nitrogens with one attached hydrogen (secondary N) is 1. The summed E-state index contributed by atoms with van der Waals surface area (Å²) in [7, 11) is 0. The normalized spacial score (nSPS) is 17.6. The van der Waals surface area contributed by atoms with Gasteiger partial charge in [0.1, 0.15) is 0 Å². The van der Waals surface area contributed by atoms with Crippen molar-refractivity contribution in [1.82, 2.24) is 10.2 Å². The molecule has 0 saturated heterocycles. The molecule has 112 valence electrons. The summed E-state index contributed by atoms with van der Waals surface area (Å²) < 4.78 is 37.3. The van der Waals surface area contributed by atoms with E-state index in [0.717, 1.165) is 45.3 Å². The molecule has 0 atom stereocenters. The molecule has 0 unspecified atom stereocenters. The lowest BCUT2D eigenvalue weighted by Gasteiger charge is -2.27. The van der Waals surface area contributed by atoms with Gasteiger partial charge in [-0.3, -0.25) is 4.90 Å². The molecule has 0 aromatic carbocycles. The lowest BCUT2D eigenvalue weighted by atomic mass is 10.1. The average Bonchev–Trinajstić information content (AvgIpc) is 2.37. The van der Waals surface area contributed by atoms with E-state index in [9.17, 15) is 13.2 Å². The van der Waals surface area contributed by atoms with Crippen molar-refractivity contribution in [1.29, 1.82) is 0 Å². The molecule has 0 bridgehead atoms. The van der Waals surface area contributed by atoms with Crippen molar-refractivity contribution in [2.75, 3.05) is 32.7 Å². The summed E-state index contributed by atoms with van der Waals surface area (Å²) in [5.41, 5.74) is -0.354. The van der Waals surface area contributed by atoms with Gasteiger partial charge in [0.2, 0.25) is 0 Å². The van der Waals surface area contributed by atoms with Crippen molar-refractivity contribution in [3.05, 3.63) is 11.6 Å². The first-order valence-electron chi connectivity index (χ1n) is 7.23. The first-order valence-corrected chi connectivity index (χ1v) is 7.23. The second-order valence-electron chi connectivity index (χ2n) is 5.09. The second kappa shape index (κ2) is 8.59. The topological polar surface area (TPSA) is 15.3 Å². The highest BCUT2D eigenvalue weighted by Gasteiger charge is 2.34. The molecular formula is C14H25F3N2. The number of alkyl halides is 3. The largest absolute Gasteiger partial charge is 0.412 e. The summed E-state index contributed by atoms with van der Waals surface area (Å²) in [5, 5.41) is 3.35. The Bertz CT molecular complexity index is 274. The molecule has 1 rings (SSSR count). The van der Waals surface area contributed by atoms with Crippen LogP contribution in [0.1, 0.15) is 39.0 Å². The van der Waals surface area contributed by atoms with Gasteiger partial charge in [-0.2, -0.15) is 13.2 Å². The van der Waals surface area contributed by atoms with Gasteiger partial charge < -0.3 is 5.32 Å². The highest BCUT2D eigenvalue weighted by atomic mass is 19.4. The molecule has 0 aromatic heterocycles. The third-order valence-electron chi connectivity index (χ3n) is 3.41. The molecule has 1 aliphatic heterocycles. The van der Waals surface area contributed by atoms with Gasteiger partial charge in [-0.25, -0.2) is 0 Å². The van der Waals surface area contributed by atoms with Crippen molar-refractivity contribution >= 4 is 0 Å². The first kappa shape index (κ1) is 16.5. The second-order valence-corrected chi connectivity index (χ2v) is 5.09. The van der Waals surface area contributed by atoms with Crippen LogP contribution in [-0.2, 0) is 0 Å². The smallest absolute Gasteiger partial charge is 0.317 e. The molecule has 2 nitrogen and oxygen atoms in total. The Morgan fingerprint density at radius 1 is 1.21 bits per heavy atom. The van der Waals surface area contributed by atoms with Gasteiger partial charge >= 0.3 is 6.18 Å². The van der Waals surface area contributed by atoms with Crippen molar-refractivity contribution in [2.45, 2.75) is 45.2 Å². The molecule has 0 fully saturated rings. The molecule has 0 radical (unpaired) electrons. The van der Waals surface area contributed by atoms with Crippen LogP contribution in [0.4, 0.5) is 13.2 Å². The Balaban J connectivity index is 2.05. The zero-order chi connectivity index (χ0) is 14.1. The predicted octanol–water partition coefficient (Wildman–Crippen LogP) is 3.35. The van der Waals surface area contributed by atoms with E-state index in [0.29, 0.717) is 13.1 Å². The maximum atomic E-state index is 12.4. The maximum Gasteiger partial charge on any atom is 0.412 e. The lowest BCUT2D eigenvalue weighted by Crippen LogP contribution is -2.32. The Morgan fingerprint density at radius 3 is 2.58 bits per heavy atom. The highest BCUT2D eigenvalue weighted by molar-refractivity contribution is 5.12. The quantitative estimate of drug-likeness (QED) is 0.541. The van der Waals surface area contributed by atoms with Crippen LogP contribution < -0.4 is 5.32 Å². The van der Waals surface area contributed by atoms with Gasteiger partial charge in [-0.05, 0) is 45.3 Å². The van der Waals surface area contributed by atoms with E-state index in [4.69, 9.17) is 0 Å². The fourth-order valence-corrected chi connectivity index (χ4v) is 2.24. The summed E-state index contributed by atoms with van der Waals surface area (Å²) in [6.45, 7) is 6.16. The number of nitrogens with zero attached hydrogens (tertiary/aromatic N) is 1. The molecule has 1 aliphatic rings. The van der Waals surface area contributed by atoms with E-state index >= 15 is 0 Å². The fraction of sp³-hybridized carbons (Fsp3) is 0.857. The van der Waals surface area contributed by atoms with Crippen LogP contribution in [0.15, 0.2) is 11.6 Å². The zero-order valence-corrected chi connectivity index (χ0v) is 11.7. The summed E-state index contributed by atoms with van der Waals surface area (Å²) >= 11 is 0. The molecule has 0 spiro atoms. The van der Waals surface area contributed by atoms with Crippen molar-refractivity contribution in [3.63, 3.8) is 0 Å². The SMILES string of the molecule is CCCNCCCCCN1CC=C(C(F)(F)F)CC1. The number of hydrogen-bond donors (Lipinski definition) is 1. The standard InChI is InChI=1S/C14H25F3N2/c1-2-8-18-9-4-3-5-10-19-11-6-13(7-12-19)14(15,16)17/h6,18H,2-5,7-12H2,1H3.